The van der Waals surface area contributed by atoms with Gasteiger partial charge in [0.1, 0.15) is 16.4 Å². The quantitative estimate of drug-likeness (QED) is 0.310. The maximum Gasteiger partial charge on any atom is 0.435 e. The lowest BCUT2D eigenvalue weighted by molar-refractivity contribution is -0.348. The van der Waals surface area contributed by atoms with Crippen molar-refractivity contribution in [1.82, 2.24) is 14.9 Å². The van der Waals surface area contributed by atoms with Crippen LogP contribution in [0.4, 0.5) is 35.1 Å². The number of aromatic nitrogens is 2. The average molecular weight is 580 g/mol. The van der Waals surface area contributed by atoms with E-state index in [2.05, 4.69) is 9.97 Å². The molecular weight excluding hydrogens is 558 g/mol. The number of benzene rings is 2. The van der Waals surface area contributed by atoms with Gasteiger partial charge in [0.05, 0.1) is 11.4 Å². The molecule has 1 aliphatic heterocycles. The van der Waals surface area contributed by atoms with Crippen molar-refractivity contribution in [3.8, 4) is 0 Å². The summed E-state index contributed by atoms with van der Waals surface area (Å²) in [5, 5.41) is 0. The van der Waals surface area contributed by atoms with Gasteiger partial charge in [-0.2, -0.15) is 26.3 Å². The van der Waals surface area contributed by atoms with E-state index in [-0.39, 0.29) is 48.4 Å². The summed E-state index contributed by atoms with van der Waals surface area (Å²) in [6.45, 7) is 0.423. The fourth-order valence-electron chi connectivity index (χ4n) is 5.91. The number of hydrogen-bond donors (Lipinski definition) is 1. The summed E-state index contributed by atoms with van der Waals surface area (Å²) >= 11 is 0. The lowest BCUT2D eigenvalue weighted by Crippen LogP contribution is -2.52. The third-order valence-electron chi connectivity index (χ3n) is 7.69. The summed E-state index contributed by atoms with van der Waals surface area (Å²) in [7, 11) is -4.38. The molecule has 2 aromatic carbocycles. The molecule has 2 aliphatic rings. The predicted molar refractivity (Wildman–Crippen MR) is 122 cm³/mol. The molecule has 39 heavy (non-hydrogen) atoms. The Morgan fingerprint density at radius 3 is 2.26 bits per heavy atom. The van der Waals surface area contributed by atoms with E-state index in [1.165, 1.54) is 6.20 Å². The van der Waals surface area contributed by atoms with Crippen molar-refractivity contribution in [2.45, 2.75) is 59.5 Å². The van der Waals surface area contributed by atoms with Crippen LogP contribution in [0, 0.1) is 5.82 Å². The highest BCUT2D eigenvalue weighted by atomic mass is 32.2. The first-order valence-electron chi connectivity index (χ1n) is 11.8. The third kappa shape index (κ3) is 4.05. The number of likely N-dealkylation sites (tertiary alicyclic amines) is 1. The highest BCUT2D eigenvalue weighted by molar-refractivity contribution is 7.92. The van der Waals surface area contributed by atoms with Crippen LogP contribution in [-0.2, 0) is 33.2 Å². The zero-order chi connectivity index (χ0) is 28.4. The SMILES string of the molecule is O=S(=O)(c1ccc(F)cc1)[C@]12CCN(Cc3ncc[nH]3)[C@H]1CCc1cc(C(F)(C(F)(F)F)C(F)(F)F)ccc12. The summed E-state index contributed by atoms with van der Waals surface area (Å²) in [6, 6.07) is 4.98. The first kappa shape index (κ1) is 27.6. The molecule has 0 bridgehead atoms. The highest BCUT2D eigenvalue weighted by Crippen LogP contribution is 2.56. The van der Waals surface area contributed by atoms with Crippen LogP contribution in [0.5, 0.6) is 0 Å². The monoisotopic (exact) mass is 579 g/mol. The van der Waals surface area contributed by atoms with E-state index in [0.29, 0.717) is 18.0 Å². The zero-order valence-corrected chi connectivity index (χ0v) is 20.8. The Hall–Kier alpha value is -3.00. The molecule has 1 N–H and O–H groups in total. The van der Waals surface area contributed by atoms with Crippen LogP contribution in [0.1, 0.15) is 35.4 Å². The fourth-order valence-corrected chi connectivity index (χ4v) is 8.30. The Morgan fingerprint density at radius 2 is 1.67 bits per heavy atom. The van der Waals surface area contributed by atoms with Crippen molar-refractivity contribution >= 4 is 9.84 Å². The molecule has 0 radical (unpaired) electrons. The summed E-state index contributed by atoms with van der Waals surface area (Å²) in [5.74, 6) is -0.162. The molecule has 1 saturated heterocycles. The van der Waals surface area contributed by atoms with Gasteiger partial charge in [0.15, 0.2) is 9.84 Å². The Morgan fingerprint density at radius 1 is 1.00 bits per heavy atom. The van der Waals surface area contributed by atoms with Crippen LogP contribution in [0.25, 0.3) is 0 Å². The molecule has 2 atom stereocenters. The lowest BCUT2D eigenvalue weighted by Gasteiger charge is -2.43. The Balaban J connectivity index is 1.69. The second kappa shape index (κ2) is 9.01. The van der Waals surface area contributed by atoms with E-state index in [0.717, 1.165) is 30.3 Å². The van der Waals surface area contributed by atoms with Gasteiger partial charge in [-0.1, -0.05) is 18.2 Å². The fraction of sp³-hybridized carbons (Fsp3) is 0.400. The van der Waals surface area contributed by atoms with Crippen molar-refractivity contribution in [3.63, 3.8) is 0 Å². The maximum atomic E-state index is 14.9. The number of nitrogens with zero attached hydrogens (tertiary/aromatic N) is 2. The minimum Gasteiger partial charge on any atom is -0.348 e. The molecule has 2 heterocycles. The predicted octanol–water partition coefficient (Wildman–Crippen LogP) is 5.73. The molecule has 3 aromatic rings. The molecule has 0 unspecified atom stereocenters. The Labute approximate surface area is 217 Å². The normalized spacial score (nSPS) is 22.5. The summed E-state index contributed by atoms with van der Waals surface area (Å²) in [5.41, 5.74) is -7.43. The van der Waals surface area contributed by atoms with Crippen molar-refractivity contribution < 1.29 is 43.5 Å². The van der Waals surface area contributed by atoms with E-state index in [1.807, 2.05) is 4.90 Å². The van der Waals surface area contributed by atoms with E-state index >= 15 is 0 Å². The molecule has 0 amide bonds. The van der Waals surface area contributed by atoms with E-state index in [4.69, 9.17) is 0 Å². The van der Waals surface area contributed by atoms with Crippen LogP contribution in [0.15, 0.2) is 59.8 Å². The van der Waals surface area contributed by atoms with Crippen LogP contribution in [-0.4, -0.2) is 48.2 Å². The zero-order valence-electron chi connectivity index (χ0n) is 20.0. The minimum atomic E-state index is -6.30. The standard InChI is InChI=1S/C25H21F8N3O2S/c26-17-3-5-18(6-4-17)39(37,38)22-9-12-36(14-21-34-10-11-35-21)20(22)8-1-15-13-16(2-7-19(15)22)23(27,24(28,29)30)25(31,32)33/h2-7,10-11,13,20H,1,8-9,12,14H2,(H,34,35)/t20-,22-/m0/s1. The van der Waals surface area contributed by atoms with Gasteiger partial charge in [-0.3, -0.25) is 4.90 Å². The summed E-state index contributed by atoms with van der Waals surface area (Å²) in [4.78, 5) is 8.66. The topological polar surface area (TPSA) is 66.1 Å². The van der Waals surface area contributed by atoms with Crippen LogP contribution in [0.2, 0.25) is 0 Å². The first-order chi connectivity index (χ1) is 18.1. The minimum absolute atomic E-state index is 0.000434. The van der Waals surface area contributed by atoms with Gasteiger partial charge in [-0.05, 0) is 54.7 Å². The van der Waals surface area contributed by atoms with Crippen LogP contribution < -0.4 is 0 Å². The number of rotatable bonds is 5. The maximum absolute atomic E-state index is 14.9. The van der Waals surface area contributed by atoms with Gasteiger partial charge in [-0.25, -0.2) is 22.2 Å². The number of aryl methyl sites for hydroxylation is 1. The van der Waals surface area contributed by atoms with Gasteiger partial charge in [0.2, 0.25) is 0 Å². The second-order valence-electron chi connectivity index (χ2n) is 9.68. The number of fused-ring (bicyclic) bond motifs is 3. The van der Waals surface area contributed by atoms with Gasteiger partial charge in [-0.15, -0.1) is 0 Å². The van der Waals surface area contributed by atoms with Gasteiger partial charge in [0.25, 0.3) is 0 Å². The molecule has 0 spiro atoms. The third-order valence-corrected chi connectivity index (χ3v) is 10.2. The van der Waals surface area contributed by atoms with E-state index < -0.39 is 50.0 Å². The molecule has 14 heteroatoms. The number of imidazole rings is 1. The van der Waals surface area contributed by atoms with Crippen LogP contribution in [0.3, 0.4) is 0 Å². The molecule has 1 aromatic heterocycles. The van der Waals surface area contributed by atoms with E-state index in [9.17, 15) is 43.5 Å². The number of halogens is 8. The number of alkyl halides is 7. The summed E-state index contributed by atoms with van der Waals surface area (Å²) < 4.78 is 136. The summed E-state index contributed by atoms with van der Waals surface area (Å²) in [6.07, 6.45) is -9.61. The van der Waals surface area contributed by atoms with Gasteiger partial charge < -0.3 is 4.98 Å². The largest absolute Gasteiger partial charge is 0.435 e. The number of H-pyrrole nitrogens is 1. The number of aromatic amines is 1. The highest BCUT2D eigenvalue weighted by Gasteiger charge is 2.73. The van der Waals surface area contributed by atoms with Crippen molar-refractivity contribution in [1.29, 1.82) is 0 Å². The van der Waals surface area contributed by atoms with Crippen molar-refractivity contribution in [2.75, 3.05) is 6.54 Å². The van der Waals surface area contributed by atoms with E-state index in [1.54, 1.807) is 6.20 Å². The Kier molecular flexibility index (Phi) is 6.37. The van der Waals surface area contributed by atoms with Gasteiger partial charge >= 0.3 is 18.0 Å². The molecular formula is C25H21F8N3O2S. The van der Waals surface area contributed by atoms with Crippen molar-refractivity contribution in [3.05, 3.63) is 83.2 Å². The molecule has 1 fully saturated rings. The lowest BCUT2D eigenvalue weighted by atomic mass is 9.77. The van der Waals surface area contributed by atoms with Crippen LogP contribution >= 0.6 is 0 Å². The van der Waals surface area contributed by atoms with Gasteiger partial charge in [0, 0.05) is 30.5 Å². The van der Waals surface area contributed by atoms with Crippen molar-refractivity contribution in [2.24, 2.45) is 0 Å². The Bertz CT molecular complexity index is 1460. The molecule has 1 aliphatic carbocycles. The average Bonchev–Trinajstić information content (AvgIpc) is 3.51. The first-order valence-corrected chi connectivity index (χ1v) is 13.3. The molecule has 0 saturated carbocycles. The molecule has 210 valence electrons. The number of sulfone groups is 1. The molecule has 5 rings (SSSR count). The smallest absolute Gasteiger partial charge is 0.348 e. The molecule has 5 nitrogen and oxygen atoms in total. The second-order valence-corrected chi connectivity index (χ2v) is 11.9. The number of hydrogen-bond acceptors (Lipinski definition) is 4. The number of nitrogens with one attached hydrogen (secondary N) is 1.